The SMILES string of the molecule is CCCCCCCCCCCCCCCCCCCCCC(=O)OCC(CN(CCCCC(N)C(=O)CC)CC(COC(=O)CCCCCCCCCCCCCCCCCCCCC)OC(=O)CCCCCCCCCCCCCCCCCCCCC)OC(=O)CCCCCCCCCCCCCCCCCCCCC. The first-order valence-corrected chi connectivity index (χ1v) is 51.3. The molecule has 0 aromatic carbocycles. The maximum absolute atomic E-state index is 13.9. The number of esters is 4. The van der Waals surface area contributed by atoms with Crippen molar-refractivity contribution < 1.29 is 42.9 Å². The Kier molecular flexibility index (Phi) is 91.2. The molecular formula is C102H198N2O9. The van der Waals surface area contributed by atoms with Crippen molar-refractivity contribution in [1.82, 2.24) is 4.90 Å². The summed E-state index contributed by atoms with van der Waals surface area (Å²) in [5.74, 6) is -1.12. The minimum Gasteiger partial charge on any atom is -0.462 e. The average molecular weight is 1600 g/mol. The van der Waals surface area contributed by atoms with E-state index in [0.717, 1.165) is 77.0 Å². The maximum atomic E-state index is 13.9. The second kappa shape index (κ2) is 93.3. The number of ether oxygens (including phenoxy) is 4. The molecule has 0 aliphatic rings. The van der Waals surface area contributed by atoms with Crippen LogP contribution in [-0.2, 0) is 42.9 Å². The lowest BCUT2D eigenvalue weighted by molar-refractivity contribution is -0.163. The Morgan fingerprint density at radius 3 is 0.593 bits per heavy atom. The molecular weight excluding hydrogens is 1400 g/mol. The van der Waals surface area contributed by atoms with Gasteiger partial charge in [0.15, 0.2) is 0 Å². The Hall–Kier alpha value is -2.53. The van der Waals surface area contributed by atoms with Crippen LogP contribution in [0.25, 0.3) is 0 Å². The molecule has 0 aromatic rings. The van der Waals surface area contributed by atoms with Crippen LogP contribution < -0.4 is 5.73 Å². The molecule has 0 amide bonds. The Labute approximate surface area is 704 Å². The number of ketones is 1. The third-order valence-electron chi connectivity index (χ3n) is 24.3. The summed E-state index contributed by atoms with van der Waals surface area (Å²) < 4.78 is 24.7. The predicted octanol–water partition coefficient (Wildman–Crippen LogP) is 32.0. The van der Waals surface area contributed by atoms with E-state index in [1.807, 2.05) is 6.92 Å². The number of Topliss-reactive ketones (excluding diaryl/α,β-unsaturated/α-hetero) is 1. The fourth-order valence-electron chi connectivity index (χ4n) is 16.6. The zero-order valence-corrected chi connectivity index (χ0v) is 76.9. The Morgan fingerprint density at radius 1 is 0.230 bits per heavy atom. The number of carbonyl (C=O) groups is 5. The third-order valence-corrected chi connectivity index (χ3v) is 24.3. The van der Waals surface area contributed by atoms with E-state index >= 15 is 0 Å². The summed E-state index contributed by atoms with van der Waals surface area (Å²) in [6, 6.07) is -0.536. The fraction of sp³-hybridized carbons (Fsp3) is 0.951. The Balaban J connectivity index is 5.93. The van der Waals surface area contributed by atoms with Gasteiger partial charge in [-0.05, 0) is 45.1 Å². The Morgan fingerprint density at radius 2 is 0.407 bits per heavy atom. The van der Waals surface area contributed by atoms with E-state index < -0.39 is 18.2 Å². The molecule has 0 heterocycles. The van der Waals surface area contributed by atoms with Crippen molar-refractivity contribution in [3.05, 3.63) is 0 Å². The zero-order valence-electron chi connectivity index (χ0n) is 76.9. The van der Waals surface area contributed by atoms with Crippen molar-refractivity contribution in [3.63, 3.8) is 0 Å². The molecule has 0 aliphatic heterocycles. The van der Waals surface area contributed by atoms with Crippen LogP contribution in [0.5, 0.6) is 0 Å². The molecule has 0 bridgehead atoms. The molecule has 2 N–H and O–H groups in total. The topological polar surface area (TPSA) is 152 Å². The van der Waals surface area contributed by atoms with Crippen molar-refractivity contribution in [1.29, 1.82) is 0 Å². The Bertz CT molecular complexity index is 1830. The van der Waals surface area contributed by atoms with E-state index in [2.05, 4.69) is 32.6 Å². The summed E-state index contributed by atoms with van der Waals surface area (Å²) in [6.45, 7) is 11.8. The average Bonchev–Trinajstić information content (AvgIpc) is 0.895. The van der Waals surface area contributed by atoms with Gasteiger partial charge in [0.2, 0.25) is 0 Å². The third kappa shape index (κ3) is 87.1. The second-order valence-corrected chi connectivity index (χ2v) is 35.7. The van der Waals surface area contributed by atoms with Crippen molar-refractivity contribution in [3.8, 4) is 0 Å². The summed E-state index contributed by atoms with van der Waals surface area (Å²) >= 11 is 0. The molecule has 0 radical (unpaired) electrons. The maximum Gasteiger partial charge on any atom is 0.306 e. The highest BCUT2D eigenvalue weighted by molar-refractivity contribution is 5.83. The minimum absolute atomic E-state index is 0.0416. The number of unbranched alkanes of at least 4 members (excludes halogenated alkanes) is 73. The predicted molar refractivity (Wildman–Crippen MR) is 487 cm³/mol. The summed E-state index contributed by atoms with van der Waals surface area (Å²) in [5.41, 5.74) is 6.35. The second-order valence-electron chi connectivity index (χ2n) is 35.7. The van der Waals surface area contributed by atoms with Crippen LogP contribution in [0.3, 0.4) is 0 Å². The van der Waals surface area contributed by atoms with E-state index in [4.69, 9.17) is 24.7 Å². The number of nitrogens with zero attached hydrogens (tertiary/aromatic N) is 1. The van der Waals surface area contributed by atoms with Crippen LogP contribution >= 0.6 is 0 Å². The first-order chi connectivity index (χ1) is 55.6. The van der Waals surface area contributed by atoms with Crippen molar-refractivity contribution >= 4 is 29.7 Å². The highest BCUT2D eigenvalue weighted by Gasteiger charge is 2.26. The van der Waals surface area contributed by atoms with Crippen LogP contribution in [0, 0.1) is 0 Å². The molecule has 11 heteroatoms. The van der Waals surface area contributed by atoms with E-state index in [1.165, 1.54) is 411 Å². The zero-order chi connectivity index (χ0) is 82.0. The highest BCUT2D eigenvalue weighted by atomic mass is 16.6. The van der Waals surface area contributed by atoms with E-state index in [-0.39, 0.29) is 56.0 Å². The van der Waals surface area contributed by atoms with Gasteiger partial charge in [0.1, 0.15) is 31.2 Å². The molecule has 11 nitrogen and oxygen atoms in total. The van der Waals surface area contributed by atoms with Crippen molar-refractivity contribution in [2.75, 3.05) is 32.8 Å². The summed E-state index contributed by atoms with van der Waals surface area (Å²) in [4.78, 5) is 69.7. The number of nitrogens with two attached hydrogens (primary N) is 1. The van der Waals surface area contributed by atoms with Crippen LogP contribution in [0.4, 0.5) is 0 Å². The van der Waals surface area contributed by atoms with Gasteiger partial charge in [0, 0.05) is 45.2 Å². The highest BCUT2D eigenvalue weighted by Crippen LogP contribution is 2.23. The van der Waals surface area contributed by atoms with Gasteiger partial charge in [0.05, 0.1) is 6.04 Å². The summed E-state index contributed by atoms with van der Waals surface area (Å²) in [7, 11) is 0. The van der Waals surface area contributed by atoms with Crippen LogP contribution in [0.15, 0.2) is 0 Å². The van der Waals surface area contributed by atoms with Gasteiger partial charge in [-0.15, -0.1) is 0 Å². The molecule has 0 rings (SSSR count). The molecule has 0 fully saturated rings. The minimum atomic E-state index is -0.765. The van der Waals surface area contributed by atoms with Crippen molar-refractivity contribution in [2.24, 2.45) is 5.73 Å². The molecule has 0 aliphatic carbocycles. The molecule has 3 atom stereocenters. The number of hydrogen-bond donors (Lipinski definition) is 1. The van der Waals surface area contributed by atoms with Crippen LogP contribution in [0.2, 0.25) is 0 Å². The number of hydrogen-bond acceptors (Lipinski definition) is 11. The van der Waals surface area contributed by atoms with Gasteiger partial charge in [-0.1, -0.05) is 503 Å². The molecule has 113 heavy (non-hydrogen) atoms. The monoisotopic (exact) mass is 1600 g/mol. The van der Waals surface area contributed by atoms with Gasteiger partial charge in [-0.3, -0.25) is 28.9 Å². The first kappa shape index (κ1) is 110. The summed E-state index contributed by atoms with van der Waals surface area (Å²) in [5, 5.41) is 0. The van der Waals surface area contributed by atoms with E-state index in [1.54, 1.807) is 0 Å². The lowest BCUT2D eigenvalue weighted by Crippen LogP contribution is -2.44. The molecule has 670 valence electrons. The van der Waals surface area contributed by atoms with Gasteiger partial charge in [-0.25, -0.2) is 0 Å². The normalized spacial score (nSPS) is 12.5. The number of rotatable bonds is 97. The van der Waals surface area contributed by atoms with Gasteiger partial charge < -0.3 is 24.7 Å². The van der Waals surface area contributed by atoms with Crippen molar-refractivity contribution in [2.45, 2.75) is 592 Å². The molecule has 0 aromatic heterocycles. The van der Waals surface area contributed by atoms with Gasteiger partial charge in [0.25, 0.3) is 0 Å². The molecule has 3 unspecified atom stereocenters. The standard InChI is InChI=1S/C102H198N2O9/c1-6-11-15-19-23-27-31-35-39-43-47-51-55-59-63-67-71-75-79-86-99(106)110-93-95(112-101(108)88-81-77-73-69-65-61-57-53-49-45-41-37-33-29-25-21-17-13-8-3)91-104(90-84-83-85-97(103)98(105)10-5)92-96(113-102(109)89-82-78-74-70-66-62-58-54-50-46-42-38-34-30-26-22-18-14-9-4)94-111-100(107)87-80-76-72-68-64-60-56-52-48-44-40-36-32-28-24-20-16-12-7-2/h95-97H,6-94,103H2,1-5H3. The largest absolute Gasteiger partial charge is 0.462 e. The molecule has 0 saturated heterocycles. The smallest absolute Gasteiger partial charge is 0.306 e. The molecule has 0 saturated carbocycles. The fourth-order valence-corrected chi connectivity index (χ4v) is 16.6. The van der Waals surface area contributed by atoms with Gasteiger partial charge >= 0.3 is 23.9 Å². The van der Waals surface area contributed by atoms with Crippen LogP contribution in [-0.4, -0.2) is 85.7 Å². The van der Waals surface area contributed by atoms with Crippen LogP contribution in [0.1, 0.15) is 574 Å². The molecule has 0 spiro atoms. The lowest BCUT2D eigenvalue weighted by atomic mass is 10.0. The quantitative estimate of drug-likeness (QED) is 0.0352. The number of carbonyl (C=O) groups excluding carboxylic acids is 5. The van der Waals surface area contributed by atoms with E-state index in [0.29, 0.717) is 57.9 Å². The lowest BCUT2D eigenvalue weighted by Gasteiger charge is -2.30. The van der Waals surface area contributed by atoms with Gasteiger partial charge in [-0.2, -0.15) is 0 Å². The first-order valence-electron chi connectivity index (χ1n) is 51.3. The van der Waals surface area contributed by atoms with E-state index in [9.17, 15) is 24.0 Å². The summed E-state index contributed by atoms with van der Waals surface area (Å²) in [6.07, 6.45) is 99.9.